The molecule has 0 bridgehead atoms. The van der Waals surface area contributed by atoms with E-state index >= 15 is 0 Å². The smallest absolute Gasteiger partial charge is 0.314 e. The summed E-state index contributed by atoms with van der Waals surface area (Å²) in [6.45, 7) is 3.06. The van der Waals surface area contributed by atoms with Gasteiger partial charge in [-0.1, -0.05) is 18.2 Å². The van der Waals surface area contributed by atoms with Crippen molar-refractivity contribution in [3.63, 3.8) is 0 Å². The summed E-state index contributed by atoms with van der Waals surface area (Å²) >= 11 is 0. The number of carbonyl (C=O) groups is 1. The van der Waals surface area contributed by atoms with Crippen LogP contribution in [0.3, 0.4) is 0 Å². The molecule has 0 radical (unpaired) electrons. The first-order valence-electron chi connectivity index (χ1n) is 9.25. The lowest BCUT2D eigenvalue weighted by molar-refractivity contribution is 0.213. The number of carbonyl (C=O) groups excluding carboxylic acids is 1. The number of fused-ring (bicyclic) bond motifs is 1. The predicted molar refractivity (Wildman–Crippen MR) is 107 cm³/mol. The maximum atomic E-state index is 12.0. The molecule has 0 spiro atoms. The predicted octanol–water partition coefficient (Wildman–Crippen LogP) is 2.56. The summed E-state index contributed by atoms with van der Waals surface area (Å²) in [7, 11) is 0. The van der Waals surface area contributed by atoms with E-state index in [-0.39, 0.29) is 18.6 Å². The van der Waals surface area contributed by atoms with Gasteiger partial charge in [0, 0.05) is 54.6 Å². The Balaban J connectivity index is 1.44. The fourth-order valence-electron chi connectivity index (χ4n) is 3.27. The Hall–Kier alpha value is -2.86. The molecule has 4 N–H and O–H groups in total. The van der Waals surface area contributed by atoms with Crippen LogP contribution in [0.4, 0.5) is 4.79 Å². The Bertz CT molecular complexity index is 876. The number of rotatable bonds is 8. The van der Waals surface area contributed by atoms with E-state index in [1.165, 1.54) is 16.5 Å². The van der Waals surface area contributed by atoms with Crippen molar-refractivity contribution in [2.75, 3.05) is 19.7 Å². The lowest BCUT2D eigenvalue weighted by atomic mass is 10.0. The number of nitrogens with one attached hydrogen (secondary N) is 3. The van der Waals surface area contributed by atoms with Crippen LogP contribution in [0.25, 0.3) is 10.9 Å². The molecule has 0 saturated carbocycles. The van der Waals surface area contributed by atoms with Gasteiger partial charge in [0.2, 0.25) is 0 Å². The van der Waals surface area contributed by atoms with Crippen molar-refractivity contribution in [2.45, 2.75) is 19.8 Å². The molecule has 3 aromatic rings. The van der Waals surface area contributed by atoms with Gasteiger partial charge in [-0.05, 0) is 49.1 Å². The van der Waals surface area contributed by atoms with Crippen LogP contribution in [0, 0.1) is 12.8 Å². The number of benzene rings is 1. The fraction of sp³-hybridized carbons (Fsp3) is 0.333. The highest BCUT2D eigenvalue weighted by Crippen LogP contribution is 2.22. The number of pyridine rings is 1. The molecule has 27 heavy (non-hydrogen) atoms. The Morgan fingerprint density at radius 2 is 2.11 bits per heavy atom. The minimum Gasteiger partial charge on any atom is -0.396 e. The molecule has 6 heteroatoms. The van der Waals surface area contributed by atoms with E-state index in [0.717, 1.165) is 17.6 Å². The molecule has 3 rings (SSSR count). The largest absolute Gasteiger partial charge is 0.396 e. The van der Waals surface area contributed by atoms with Crippen LogP contribution < -0.4 is 10.6 Å². The minimum atomic E-state index is -0.217. The highest BCUT2D eigenvalue weighted by Gasteiger charge is 2.11. The highest BCUT2D eigenvalue weighted by molar-refractivity contribution is 5.86. The highest BCUT2D eigenvalue weighted by atomic mass is 16.3. The zero-order valence-electron chi connectivity index (χ0n) is 15.5. The molecule has 1 unspecified atom stereocenters. The molecular formula is C21H26N4O2. The number of amides is 2. The zero-order chi connectivity index (χ0) is 19.1. The van der Waals surface area contributed by atoms with Crippen LogP contribution in [0.1, 0.15) is 16.8 Å². The molecule has 0 aliphatic rings. The van der Waals surface area contributed by atoms with Gasteiger partial charge < -0.3 is 20.7 Å². The second-order valence-electron chi connectivity index (χ2n) is 6.77. The van der Waals surface area contributed by atoms with Gasteiger partial charge in [0.05, 0.1) is 0 Å². The van der Waals surface area contributed by atoms with Gasteiger partial charge in [-0.2, -0.15) is 0 Å². The molecule has 1 atom stereocenters. The second kappa shape index (κ2) is 9.19. The number of H-pyrrole nitrogens is 1. The number of aromatic amines is 1. The molecular weight excluding hydrogens is 340 g/mol. The quantitative estimate of drug-likeness (QED) is 0.494. The van der Waals surface area contributed by atoms with E-state index < -0.39 is 0 Å². The molecule has 6 nitrogen and oxygen atoms in total. The number of nitrogens with zero attached hydrogens (tertiary/aromatic N) is 1. The number of aromatic nitrogens is 2. The SMILES string of the molecule is Cc1cccc2[nH]cc(CCNC(=O)NCC(CO)Cc3ccccn3)c12. The summed E-state index contributed by atoms with van der Waals surface area (Å²) in [6.07, 6.45) is 5.13. The topological polar surface area (TPSA) is 90.0 Å². The Morgan fingerprint density at radius 3 is 2.89 bits per heavy atom. The third-order valence-corrected chi connectivity index (χ3v) is 4.71. The molecule has 2 aromatic heterocycles. The number of aliphatic hydroxyl groups excluding tert-OH is 1. The van der Waals surface area contributed by atoms with Crippen LogP contribution >= 0.6 is 0 Å². The number of hydrogen-bond donors (Lipinski definition) is 4. The van der Waals surface area contributed by atoms with E-state index in [2.05, 4.69) is 39.7 Å². The van der Waals surface area contributed by atoms with Gasteiger partial charge in [0.15, 0.2) is 0 Å². The van der Waals surface area contributed by atoms with Crippen LogP contribution in [-0.4, -0.2) is 40.8 Å². The van der Waals surface area contributed by atoms with Crippen molar-refractivity contribution in [3.8, 4) is 0 Å². The minimum absolute atomic E-state index is 0.00543. The van der Waals surface area contributed by atoms with Gasteiger partial charge in [-0.3, -0.25) is 4.98 Å². The molecule has 0 aliphatic carbocycles. The monoisotopic (exact) mass is 366 g/mol. The summed E-state index contributed by atoms with van der Waals surface area (Å²) in [6, 6.07) is 11.7. The number of aliphatic hydroxyl groups is 1. The van der Waals surface area contributed by atoms with E-state index in [0.29, 0.717) is 19.5 Å². The molecule has 0 aliphatic heterocycles. The van der Waals surface area contributed by atoms with Crippen molar-refractivity contribution in [3.05, 3.63) is 65.6 Å². The Morgan fingerprint density at radius 1 is 1.22 bits per heavy atom. The molecule has 142 valence electrons. The first kappa shape index (κ1) is 18.9. The van der Waals surface area contributed by atoms with E-state index in [1.54, 1.807) is 6.20 Å². The van der Waals surface area contributed by atoms with Crippen LogP contribution in [0.5, 0.6) is 0 Å². The lowest BCUT2D eigenvalue weighted by Gasteiger charge is -2.15. The molecule has 0 fully saturated rings. The van der Waals surface area contributed by atoms with Crippen molar-refractivity contribution in [1.29, 1.82) is 0 Å². The van der Waals surface area contributed by atoms with E-state index in [9.17, 15) is 9.90 Å². The van der Waals surface area contributed by atoms with Crippen molar-refractivity contribution in [1.82, 2.24) is 20.6 Å². The summed E-state index contributed by atoms with van der Waals surface area (Å²) in [5.74, 6) is -0.0538. The fourth-order valence-corrected chi connectivity index (χ4v) is 3.27. The first-order valence-corrected chi connectivity index (χ1v) is 9.25. The first-order chi connectivity index (χ1) is 13.2. The van der Waals surface area contributed by atoms with Crippen molar-refractivity contribution < 1.29 is 9.90 Å². The molecule has 2 amide bonds. The average molecular weight is 366 g/mol. The summed E-state index contributed by atoms with van der Waals surface area (Å²) in [5, 5.41) is 16.5. The summed E-state index contributed by atoms with van der Waals surface area (Å²) < 4.78 is 0. The van der Waals surface area contributed by atoms with Gasteiger partial charge in [0.1, 0.15) is 0 Å². The van der Waals surface area contributed by atoms with Gasteiger partial charge in [0.25, 0.3) is 0 Å². The Kier molecular flexibility index (Phi) is 6.44. The summed E-state index contributed by atoms with van der Waals surface area (Å²) in [5.41, 5.74) is 4.46. The number of urea groups is 1. The average Bonchev–Trinajstić information content (AvgIpc) is 3.10. The van der Waals surface area contributed by atoms with Crippen LogP contribution in [0.15, 0.2) is 48.8 Å². The molecule has 1 aromatic carbocycles. The third kappa shape index (κ3) is 5.08. The van der Waals surface area contributed by atoms with Gasteiger partial charge in [-0.25, -0.2) is 4.79 Å². The molecule has 2 heterocycles. The Labute approximate surface area is 159 Å². The molecule has 0 saturated heterocycles. The van der Waals surface area contributed by atoms with Crippen LogP contribution in [-0.2, 0) is 12.8 Å². The zero-order valence-corrected chi connectivity index (χ0v) is 15.5. The lowest BCUT2D eigenvalue weighted by Crippen LogP contribution is -2.40. The van der Waals surface area contributed by atoms with Gasteiger partial charge >= 0.3 is 6.03 Å². The van der Waals surface area contributed by atoms with Crippen molar-refractivity contribution >= 4 is 16.9 Å². The normalized spacial score (nSPS) is 12.1. The summed E-state index contributed by atoms with van der Waals surface area (Å²) in [4.78, 5) is 19.6. The van der Waals surface area contributed by atoms with E-state index in [4.69, 9.17) is 0 Å². The number of aryl methyl sites for hydroxylation is 1. The standard InChI is InChI=1S/C21H26N4O2/c1-15-5-4-7-19-20(15)17(13-24-19)8-10-23-21(27)25-12-16(14-26)11-18-6-2-3-9-22-18/h2-7,9,13,16,24,26H,8,10-12,14H2,1H3,(H2,23,25,27). The van der Waals surface area contributed by atoms with Gasteiger partial charge in [-0.15, -0.1) is 0 Å². The second-order valence-corrected chi connectivity index (χ2v) is 6.77. The van der Waals surface area contributed by atoms with E-state index in [1.807, 2.05) is 30.5 Å². The van der Waals surface area contributed by atoms with Crippen LogP contribution in [0.2, 0.25) is 0 Å². The maximum Gasteiger partial charge on any atom is 0.314 e. The van der Waals surface area contributed by atoms with Crippen molar-refractivity contribution in [2.24, 2.45) is 5.92 Å². The third-order valence-electron chi connectivity index (χ3n) is 4.71. The maximum absolute atomic E-state index is 12.0. The number of hydrogen-bond acceptors (Lipinski definition) is 3.